The van der Waals surface area contributed by atoms with Crippen molar-refractivity contribution < 1.29 is 23.1 Å². The number of hydrogen-bond donors (Lipinski definition) is 1. The van der Waals surface area contributed by atoms with Gasteiger partial charge < -0.3 is 9.94 Å². The topological polar surface area (TPSA) is 41.8 Å². The van der Waals surface area contributed by atoms with E-state index in [1.54, 1.807) is 0 Å². The smallest absolute Gasteiger partial charge is 0.416 e. The Kier molecular flexibility index (Phi) is 5.50. The second-order valence-electron chi connectivity index (χ2n) is 3.34. The third kappa shape index (κ3) is 5.40. The van der Waals surface area contributed by atoms with Crippen LogP contribution >= 0.6 is 23.2 Å². The van der Waals surface area contributed by atoms with Gasteiger partial charge in [0.15, 0.2) is 0 Å². The third-order valence-corrected chi connectivity index (χ3v) is 2.26. The molecule has 0 saturated carbocycles. The molecule has 0 aliphatic carbocycles. The number of rotatable bonds is 4. The highest BCUT2D eigenvalue weighted by molar-refractivity contribution is 6.55. The van der Waals surface area contributed by atoms with Crippen molar-refractivity contribution in [3.8, 4) is 5.75 Å². The molecule has 0 spiro atoms. The number of nitrogens with zero attached hydrogens (tertiary/aromatic N) is 1. The van der Waals surface area contributed by atoms with E-state index in [1.165, 1.54) is 12.1 Å². The lowest BCUT2D eigenvalue weighted by Gasteiger charge is -2.10. The first-order chi connectivity index (χ1) is 8.82. The predicted molar refractivity (Wildman–Crippen MR) is 66.1 cm³/mol. The van der Waals surface area contributed by atoms with Crippen molar-refractivity contribution in [2.75, 3.05) is 6.61 Å². The van der Waals surface area contributed by atoms with Crippen molar-refractivity contribution in [2.45, 2.75) is 6.18 Å². The van der Waals surface area contributed by atoms with Gasteiger partial charge in [0.25, 0.3) is 0 Å². The Morgan fingerprint density at radius 2 is 2.00 bits per heavy atom. The van der Waals surface area contributed by atoms with E-state index in [0.29, 0.717) is 0 Å². The molecular formula is C11H8Cl2F3NO2. The van der Waals surface area contributed by atoms with Crippen molar-refractivity contribution >= 4 is 29.4 Å². The fourth-order valence-corrected chi connectivity index (χ4v) is 1.34. The summed E-state index contributed by atoms with van der Waals surface area (Å²) in [5, 5.41) is 11.0. The maximum Gasteiger partial charge on any atom is 0.416 e. The summed E-state index contributed by atoms with van der Waals surface area (Å²) in [6.07, 6.45) is -2.38. The van der Waals surface area contributed by atoms with E-state index in [0.717, 1.165) is 18.3 Å². The molecule has 0 unspecified atom stereocenters. The SMILES string of the molecule is ON=Cc1cc(OCC=C(Cl)Cl)cc(C(F)(F)F)c1. The zero-order valence-corrected chi connectivity index (χ0v) is 10.8. The minimum Gasteiger partial charge on any atom is -0.489 e. The van der Waals surface area contributed by atoms with Crippen molar-refractivity contribution in [3.63, 3.8) is 0 Å². The van der Waals surface area contributed by atoms with Gasteiger partial charge in [0, 0.05) is 5.56 Å². The van der Waals surface area contributed by atoms with Gasteiger partial charge >= 0.3 is 6.18 Å². The van der Waals surface area contributed by atoms with Crippen LogP contribution in [0.25, 0.3) is 0 Å². The maximum absolute atomic E-state index is 12.6. The van der Waals surface area contributed by atoms with Crippen LogP contribution in [0.15, 0.2) is 33.9 Å². The van der Waals surface area contributed by atoms with Gasteiger partial charge in [0.05, 0.1) is 11.8 Å². The minimum atomic E-state index is -4.53. The number of ether oxygens (including phenoxy) is 1. The van der Waals surface area contributed by atoms with Crippen LogP contribution in [0.1, 0.15) is 11.1 Å². The van der Waals surface area contributed by atoms with Gasteiger partial charge in [-0.1, -0.05) is 28.4 Å². The molecule has 3 nitrogen and oxygen atoms in total. The molecule has 0 saturated heterocycles. The van der Waals surface area contributed by atoms with Gasteiger partial charge in [0.1, 0.15) is 16.8 Å². The molecule has 1 rings (SSSR count). The maximum atomic E-state index is 12.6. The fourth-order valence-electron chi connectivity index (χ4n) is 1.21. The molecule has 0 atom stereocenters. The fraction of sp³-hybridized carbons (Fsp3) is 0.182. The van der Waals surface area contributed by atoms with Crippen LogP contribution in [-0.2, 0) is 6.18 Å². The molecule has 1 N–H and O–H groups in total. The van der Waals surface area contributed by atoms with Crippen molar-refractivity contribution in [1.29, 1.82) is 0 Å². The molecule has 0 aromatic heterocycles. The van der Waals surface area contributed by atoms with Gasteiger partial charge in [-0.3, -0.25) is 0 Å². The number of hydrogen-bond acceptors (Lipinski definition) is 3. The van der Waals surface area contributed by atoms with Crippen LogP contribution in [0.4, 0.5) is 13.2 Å². The van der Waals surface area contributed by atoms with Crippen molar-refractivity contribution in [2.24, 2.45) is 5.16 Å². The standard InChI is InChI=1S/C11H8Cl2F3NO2/c12-10(13)1-2-19-9-4-7(6-17-18)3-8(5-9)11(14,15)16/h1,3-6,18H,2H2. The highest BCUT2D eigenvalue weighted by atomic mass is 35.5. The number of halogens is 5. The van der Waals surface area contributed by atoms with E-state index in [4.69, 9.17) is 33.1 Å². The summed E-state index contributed by atoms with van der Waals surface area (Å²) in [6.45, 7) is -0.0840. The van der Waals surface area contributed by atoms with Crippen molar-refractivity contribution in [1.82, 2.24) is 0 Å². The molecule has 0 bridgehead atoms. The van der Waals surface area contributed by atoms with Gasteiger partial charge in [-0.2, -0.15) is 13.2 Å². The predicted octanol–water partition coefficient (Wildman–Crippen LogP) is 4.21. The lowest BCUT2D eigenvalue weighted by molar-refractivity contribution is -0.137. The van der Waals surface area contributed by atoms with Gasteiger partial charge in [-0.25, -0.2) is 0 Å². The molecule has 0 radical (unpaired) electrons. The Morgan fingerprint density at radius 3 is 2.53 bits per heavy atom. The van der Waals surface area contributed by atoms with Crippen LogP contribution in [0.2, 0.25) is 0 Å². The quantitative estimate of drug-likeness (QED) is 0.514. The summed E-state index contributed by atoms with van der Waals surface area (Å²) in [5.41, 5.74) is -0.867. The first-order valence-electron chi connectivity index (χ1n) is 4.86. The summed E-state index contributed by atoms with van der Waals surface area (Å²) >= 11 is 10.7. The lowest BCUT2D eigenvalue weighted by atomic mass is 10.1. The molecular weight excluding hydrogens is 306 g/mol. The number of benzene rings is 1. The zero-order chi connectivity index (χ0) is 14.5. The Balaban J connectivity index is 3.03. The summed E-state index contributed by atoms with van der Waals surface area (Å²) < 4.78 is 42.9. The summed E-state index contributed by atoms with van der Waals surface area (Å²) in [5.74, 6) is -0.0458. The lowest BCUT2D eigenvalue weighted by Crippen LogP contribution is -2.07. The highest BCUT2D eigenvalue weighted by Crippen LogP contribution is 2.32. The average Bonchev–Trinajstić information content (AvgIpc) is 2.27. The first-order valence-corrected chi connectivity index (χ1v) is 5.62. The van der Waals surface area contributed by atoms with E-state index in [1.807, 2.05) is 0 Å². The summed E-state index contributed by atoms with van der Waals surface area (Å²) in [4.78, 5) is 0. The number of oxime groups is 1. The van der Waals surface area contributed by atoms with Crippen molar-refractivity contribution in [3.05, 3.63) is 39.9 Å². The number of alkyl halides is 3. The average molecular weight is 314 g/mol. The Bertz CT molecular complexity index is 497. The van der Waals surface area contributed by atoms with E-state index in [2.05, 4.69) is 5.16 Å². The zero-order valence-electron chi connectivity index (χ0n) is 9.29. The first kappa shape index (κ1) is 15.7. The molecule has 0 heterocycles. The van der Waals surface area contributed by atoms with E-state index in [9.17, 15) is 13.2 Å². The molecule has 8 heteroatoms. The Labute approximate surface area is 116 Å². The Hall–Kier alpha value is -1.40. The molecule has 1 aromatic rings. The highest BCUT2D eigenvalue weighted by Gasteiger charge is 2.31. The monoisotopic (exact) mass is 313 g/mol. The van der Waals surface area contributed by atoms with Gasteiger partial charge in [0.2, 0.25) is 0 Å². The largest absolute Gasteiger partial charge is 0.489 e. The Morgan fingerprint density at radius 1 is 1.32 bits per heavy atom. The molecule has 0 aliphatic rings. The molecule has 0 amide bonds. The molecule has 104 valence electrons. The van der Waals surface area contributed by atoms with Crippen LogP contribution in [0.5, 0.6) is 5.75 Å². The van der Waals surface area contributed by atoms with Gasteiger partial charge in [-0.05, 0) is 24.3 Å². The normalized spacial score (nSPS) is 11.6. The summed E-state index contributed by atoms with van der Waals surface area (Å²) in [6, 6.07) is 2.94. The minimum absolute atomic E-state index is 0.0458. The van der Waals surface area contributed by atoms with E-state index < -0.39 is 11.7 Å². The second-order valence-corrected chi connectivity index (χ2v) is 4.35. The second kappa shape index (κ2) is 6.68. The van der Waals surface area contributed by atoms with Crippen LogP contribution < -0.4 is 4.74 Å². The van der Waals surface area contributed by atoms with E-state index in [-0.39, 0.29) is 22.4 Å². The molecule has 0 fully saturated rings. The van der Waals surface area contributed by atoms with Crippen LogP contribution in [0, 0.1) is 0 Å². The molecule has 1 aromatic carbocycles. The van der Waals surface area contributed by atoms with Crippen LogP contribution in [-0.4, -0.2) is 18.0 Å². The summed E-state index contributed by atoms with van der Waals surface area (Å²) in [7, 11) is 0. The van der Waals surface area contributed by atoms with Crippen LogP contribution in [0.3, 0.4) is 0 Å². The molecule has 19 heavy (non-hydrogen) atoms. The van der Waals surface area contributed by atoms with Gasteiger partial charge in [-0.15, -0.1) is 0 Å². The molecule has 0 aliphatic heterocycles. The van der Waals surface area contributed by atoms with E-state index >= 15 is 0 Å². The third-order valence-electron chi connectivity index (χ3n) is 1.95.